The molecule has 2 aromatic carbocycles. The third kappa shape index (κ3) is 3.92. The summed E-state index contributed by atoms with van der Waals surface area (Å²) in [7, 11) is 0. The Morgan fingerprint density at radius 3 is 2.65 bits per heavy atom. The van der Waals surface area contributed by atoms with E-state index in [1.165, 1.54) is 17.4 Å². The Morgan fingerprint density at radius 1 is 1.17 bits per heavy atom. The zero-order valence-corrected chi connectivity index (χ0v) is 12.8. The van der Waals surface area contributed by atoms with Crippen molar-refractivity contribution in [3.63, 3.8) is 0 Å². The van der Waals surface area contributed by atoms with E-state index in [-0.39, 0.29) is 18.3 Å². The monoisotopic (exact) mass is 328 g/mol. The van der Waals surface area contributed by atoms with Crippen LogP contribution in [0.15, 0.2) is 60.1 Å². The normalized spacial score (nSPS) is 10.3. The average Bonchev–Trinajstić information content (AvgIpc) is 3.07. The summed E-state index contributed by atoms with van der Waals surface area (Å²) in [5.74, 6) is -0.000323. The fourth-order valence-electron chi connectivity index (χ4n) is 1.96. The summed E-state index contributed by atoms with van der Waals surface area (Å²) in [5, 5.41) is 5.05. The molecule has 116 valence electrons. The Balaban J connectivity index is 1.60. The number of halogens is 1. The van der Waals surface area contributed by atoms with Gasteiger partial charge in [-0.1, -0.05) is 29.5 Å². The lowest BCUT2D eigenvalue weighted by Gasteiger charge is -2.07. The highest BCUT2D eigenvalue weighted by Gasteiger charge is 2.08. The zero-order valence-electron chi connectivity index (χ0n) is 12.0. The van der Waals surface area contributed by atoms with Gasteiger partial charge in [0.15, 0.2) is 0 Å². The first-order chi connectivity index (χ1) is 11.2. The molecular weight excluding hydrogens is 315 g/mol. The Kier molecular flexibility index (Phi) is 4.63. The van der Waals surface area contributed by atoms with E-state index in [4.69, 9.17) is 4.74 Å². The largest absolute Gasteiger partial charge is 0.431 e. The molecule has 0 unspecified atom stereocenters. The number of carbonyl (C=O) groups is 1. The first kappa shape index (κ1) is 15.2. The molecule has 0 aliphatic rings. The van der Waals surface area contributed by atoms with Crippen molar-refractivity contribution in [2.45, 2.75) is 6.54 Å². The van der Waals surface area contributed by atoms with Crippen LogP contribution in [-0.2, 0) is 6.54 Å². The number of amides is 1. The molecule has 6 heteroatoms. The number of thiazole rings is 1. The average molecular weight is 328 g/mol. The van der Waals surface area contributed by atoms with Crippen molar-refractivity contribution >= 4 is 17.2 Å². The quantitative estimate of drug-likeness (QED) is 0.770. The summed E-state index contributed by atoms with van der Waals surface area (Å²) >= 11 is 1.39. The summed E-state index contributed by atoms with van der Waals surface area (Å²) in [4.78, 5) is 16.1. The van der Waals surface area contributed by atoms with E-state index >= 15 is 0 Å². The predicted octanol–water partition coefficient (Wildman–Crippen LogP) is 4.00. The maximum Gasteiger partial charge on any atom is 0.278 e. The van der Waals surface area contributed by atoms with Crippen LogP contribution in [0.5, 0.6) is 10.9 Å². The minimum absolute atomic E-state index is 0.142. The van der Waals surface area contributed by atoms with Gasteiger partial charge < -0.3 is 10.1 Å². The van der Waals surface area contributed by atoms with Gasteiger partial charge in [0.2, 0.25) is 0 Å². The second-order valence-corrected chi connectivity index (χ2v) is 5.56. The van der Waals surface area contributed by atoms with Gasteiger partial charge in [-0.3, -0.25) is 4.79 Å². The minimum atomic E-state index is -0.333. The molecule has 4 nitrogen and oxygen atoms in total. The molecule has 0 saturated heterocycles. The van der Waals surface area contributed by atoms with Crippen molar-refractivity contribution in [1.29, 1.82) is 0 Å². The number of nitrogens with zero attached hydrogens (tertiary/aromatic N) is 1. The number of ether oxygens (including phenoxy) is 1. The van der Waals surface area contributed by atoms with Crippen LogP contribution in [0, 0.1) is 5.82 Å². The number of nitrogens with one attached hydrogen (secondary N) is 1. The number of rotatable bonds is 5. The molecule has 0 aliphatic carbocycles. The van der Waals surface area contributed by atoms with E-state index in [1.54, 1.807) is 48.7 Å². The molecule has 0 atom stereocenters. The van der Waals surface area contributed by atoms with E-state index in [1.807, 2.05) is 5.38 Å². The summed E-state index contributed by atoms with van der Waals surface area (Å²) in [6.07, 6.45) is 1.66. The number of hydrogen-bond donors (Lipinski definition) is 1. The molecule has 0 bridgehead atoms. The van der Waals surface area contributed by atoms with Gasteiger partial charge in [-0.25, -0.2) is 9.37 Å². The van der Waals surface area contributed by atoms with E-state index in [0.29, 0.717) is 22.1 Å². The first-order valence-corrected chi connectivity index (χ1v) is 7.79. The topological polar surface area (TPSA) is 51.2 Å². The van der Waals surface area contributed by atoms with E-state index in [9.17, 15) is 9.18 Å². The molecule has 3 aromatic rings. The Bertz CT molecular complexity index is 789. The number of hydrogen-bond acceptors (Lipinski definition) is 4. The van der Waals surface area contributed by atoms with Crippen molar-refractivity contribution in [3.8, 4) is 10.9 Å². The highest BCUT2D eigenvalue weighted by atomic mass is 32.1. The van der Waals surface area contributed by atoms with Crippen LogP contribution in [0.4, 0.5) is 4.39 Å². The summed E-state index contributed by atoms with van der Waals surface area (Å²) in [5.41, 5.74) is 0.928. The van der Waals surface area contributed by atoms with Crippen LogP contribution in [0.2, 0.25) is 0 Å². The molecule has 23 heavy (non-hydrogen) atoms. The highest BCUT2D eigenvalue weighted by Crippen LogP contribution is 2.23. The maximum atomic E-state index is 13.5. The maximum absolute atomic E-state index is 13.5. The Labute approximate surface area is 136 Å². The second kappa shape index (κ2) is 7.02. The third-order valence-electron chi connectivity index (χ3n) is 3.13. The van der Waals surface area contributed by atoms with Crippen molar-refractivity contribution in [2.24, 2.45) is 0 Å². The van der Waals surface area contributed by atoms with Gasteiger partial charge in [0, 0.05) is 29.2 Å². The van der Waals surface area contributed by atoms with Crippen LogP contribution in [0.3, 0.4) is 0 Å². The van der Waals surface area contributed by atoms with Crippen LogP contribution in [0.1, 0.15) is 15.9 Å². The van der Waals surface area contributed by atoms with Crippen molar-refractivity contribution in [3.05, 3.63) is 77.1 Å². The molecule has 1 heterocycles. The molecule has 1 aromatic heterocycles. The molecule has 1 amide bonds. The van der Waals surface area contributed by atoms with Gasteiger partial charge in [-0.2, -0.15) is 0 Å². The van der Waals surface area contributed by atoms with Gasteiger partial charge in [0.25, 0.3) is 11.1 Å². The van der Waals surface area contributed by atoms with Crippen molar-refractivity contribution < 1.29 is 13.9 Å². The van der Waals surface area contributed by atoms with Gasteiger partial charge >= 0.3 is 0 Å². The number of aromatic nitrogens is 1. The molecule has 0 aliphatic heterocycles. The summed E-state index contributed by atoms with van der Waals surface area (Å²) in [6, 6.07) is 13.0. The minimum Gasteiger partial charge on any atom is -0.431 e. The SMILES string of the molecule is O=C(NCc1ccccc1F)c1ccc(Oc2nccs2)cc1. The summed E-state index contributed by atoms with van der Waals surface area (Å²) < 4.78 is 19.0. The third-order valence-corrected chi connectivity index (χ3v) is 3.78. The lowest BCUT2D eigenvalue weighted by Crippen LogP contribution is -2.23. The molecule has 0 fully saturated rings. The van der Waals surface area contributed by atoms with Gasteiger partial charge in [-0.15, -0.1) is 0 Å². The van der Waals surface area contributed by atoms with E-state index in [2.05, 4.69) is 10.3 Å². The fraction of sp³-hybridized carbons (Fsp3) is 0.0588. The van der Waals surface area contributed by atoms with Crippen molar-refractivity contribution in [2.75, 3.05) is 0 Å². The second-order valence-electron chi connectivity index (χ2n) is 4.70. The zero-order chi connectivity index (χ0) is 16.1. The predicted molar refractivity (Wildman–Crippen MR) is 86.2 cm³/mol. The lowest BCUT2D eigenvalue weighted by atomic mass is 10.2. The highest BCUT2D eigenvalue weighted by molar-refractivity contribution is 7.11. The number of carbonyl (C=O) groups excluding carboxylic acids is 1. The van der Waals surface area contributed by atoms with E-state index in [0.717, 1.165) is 0 Å². The molecule has 1 N–H and O–H groups in total. The van der Waals surface area contributed by atoms with Gasteiger partial charge in [0.1, 0.15) is 11.6 Å². The van der Waals surface area contributed by atoms with Gasteiger partial charge in [-0.05, 0) is 30.3 Å². The fourth-order valence-corrected chi connectivity index (χ4v) is 2.46. The molecule has 0 spiro atoms. The molecular formula is C17H13FN2O2S. The summed E-state index contributed by atoms with van der Waals surface area (Å²) in [6.45, 7) is 0.142. The van der Waals surface area contributed by atoms with Crippen LogP contribution >= 0.6 is 11.3 Å². The van der Waals surface area contributed by atoms with Gasteiger partial charge in [0.05, 0.1) is 0 Å². The first-order valence-electron chi connectivity index (χ1n) is 6.91. The van der Waals surface area contributed by atoms with Crippen LogP contribution < -0.4 is 10.1 Å². The standard InChI is InChI=1S/C17H13FN2O2S/c18-15-4-2-1-3-13(15)11-20-16(21)12-5-7-14(8-6-12)22-17-19-9-10-23-17/h1-10H,11H2,(H,20,21). The van der Waals surface area contributed by atoms with E-state index < -0.39 is 0 Å². The molecule has 0 saturated carbocycles. The number of benzene rings is 2. The lowest BCUT2D eigenvalue weighted by molar-refractivity contribution is 0.0950. The van der Waals surface area contributed by atoms with Crippen LogP contribution in [0.25, 0.3) is 0 Å². The van der Waals surface area contributed by atoms with Crippen LogP contribution in [-0.4, -0.2) is 10.9 Å². The van der Waals surface area contributed by atoms with Crippen molar-refractivity contribution in [1.82, 2.24) is 10.3 Å². The Hall–Kier alpha value is -2.73. The Morgan fingerprint density at radius 2 is 1.96 bits per heavy atom. The smallest absolute Gasteiger partial charge is 0.278 e. The molecule has 0 radical (unpaired) electrons. The molecule has 3 rings (SSSR count).